The van der Waals surface area contributed by atoms with Crippen molar-refractivity contribution in [3.63, 3.8) is 0 Å². The van der Waals surface area contributed by atoms with Crippen molar-refractivity contribution in [3.8, 4) is 12.1 Å². The van der Waals surface area contributed by atoms with Gasteiger partial charge in [0.2, 0.25) is 0 Å². The first-order valence-corrected chi connectivity index (χ1v) is 9.02. The van der Waals surface area contributed by atoms with Crippen molar-refractivity contribution in [3.05, 3.63) is 0 Å². The van der Waals surface area contributed by atoms with E-state index in [4.69, 9.17) is 4.79 Å². The third kappa shape index (κ3) is 13.1. The second kappa shape index (κ2) is 14.1. The van der Waals surface area contributed by atoms with Gasteiger partial charge < -0.3 is 0 Å². The van der Waals surface area contributed by atoms with E-state index in [-0.39, 0.29) is 6.17 Å². The molecule has 2 aliphatic heterocycles. The number of hydrogen-bond donors (Lipinski definition) is 0. The lowest BCUT2D eigenvalue weighted by molar-refractivity contribution is -0.583. The van der Waals surface area contributed by atoms with Gasteiger partial charge in [0.1, 0.15) is 6.17 Å². The summed E-state index contributed by atoms with van der Waals surface area (Å²) in [7, 11) is 0. The van der Waals surface area contributed by atoms with Crippen LogP contribution in [0.4, 0.5) is 123 Å². The van der Waals surface area contributed by atoms with Crippen LogP contribution in [-0.4, -0.2) is 78.7 Å². The van der Waals surface area contributed by atoms with Gasteiger partial charge in [-0.15, -0.1) is 4.39 Å². The zero-order valence-electron chi connectivity index (χ0n) is 19.7. The number of alkyl halides is 26. The fraction of sp³-hybridized carbons (Fsp3) is 0.733. The number of ketones is 1. The van der Waals surface area contributed by atoms with Crippen LogP contribution < -0.4 is 0 Å². The van der Waals surface area contributed by atoms with E-state index >= 15 is 0 Å². The summed E-state index contributed by atoms with van der Waals surface area (Å²) in [5.74, 6) is -19.3. The van der Waals surface area contributed by atoms with Crippen LogP contribution in [0.25, 0.3) is 0 Å². The lowest BCUT2D eigenvalue weighted by Crippen LogP contribution is -2.69. The molecule has 0 aliphatic carbocycles. The van der Waals surface area contributed by atoms with Gasteiger partial charge in [0.25, 0.3) is 0 Å². The van der Waals surface area contributed by atoms with Gasteiger partial charge in [-0.3, -0.25) is 14.3 Å². The number of hydrogen-bond acceptors (Lipinski definition) is 4. The highest BCUT2D eigenvalue weighted by molar-refractivity contribution is 5.89. The van der Waals surface area contributed by atoms with Crippen LogP contribution in [0.5, 0.6) is 0 Å². The molecular weight excluding hydrogens is 776 g/mol. The number of ether oxygens (including phenoxy) is 2. The van der Waals surface area contributed by atoms with E-state index in [9.17, 15) is 128 Å². The average molecular weight is 776 g/mol. The summed E-state index contributed by atoms with van der Waals surface area (Å²) < 4.78 is 315. The van der Waals surface area contributed by atoms with Gasteiger partial charge in [-0.2, -0.15) is 119 Å². The average Bonchev–Trinajstić information content (AvgIpc) is 3.30. The molecular formula is C15F28O4. The molecule has 4 nitrogen and oxygen atoms in total. The highest BCUT2D eigenvalue weighted by Crippen LogP contribution is 2.60. The van der Waals surface area contributed by atoms with Gasteiger partial charge in [0.05, 0.1) is 0 Å². The Kier molecular flexibility index (Phi) is 14.5. The molecule has 0 aromatic carbocycles. The molecule has 0 amide bonds. The molecule has 0 bridgehead atoms. The van der Waals surface area contributed by atoms with Crippen LogP contribution in [0, 0.1) is 12.1 Å². The van der Waals surface area contributed by atoms with E-state index in [0.29, 0.717) is 5.92 Å². The van der Waals surface area contributed by atoms with Gasteiger partial charge in [-0.05, 0) is 0 Å². The zero-order chi connectivity index (χ0) is 39.5. The Morgan fingerprint density at radius 2 is 0.830 bits per heavy atom. The first-order chi connectivity index (χ1) is 19.8. The van der Waals surface area contributed by atoms with Crippen molar-refractivity contribution in [2.75, 3.05) is 0 Å². The first kappa shape index (κ1) is 48.3. The topological polar surface area (TPSA) is 55.9 Å². The summed E-state index contributed by atoms with van der Waals surface area (Å²) in [6, 6.07) is -3.69. The molecule has 0 spiro atoms. The van der Waals surface area contributed by atoms with Crippen LogP contribution in [0.1, 0.15) is 0 Å². The molecule has 0 radical (unpaired) electrons. The molecule has 0 aromatic heterocycles. The van der Waals surface area contributed by atoms with Crippen molar-refractivity contribution in [1.29, 1.82) is 0 Å². The molecule has 1 atom stereocenters. The molecule has 2 aliphatic rings. The third-order valence-corrected chi connectivity index (χ3v) is 3.26. The molecule has 0 N–H and O–H groups in total. The van der Waals surface area contributed by atoms with E-state index in [2.05, 4.69) is 9.47 Å². The second-order valence-electron chi connectivity index (χ2n) is 6.81. The maximum atomic E-state index is 11.7. The summed E-state index contributed by atoms with van der Waals surface area (Å²) in [5.41, 5.74) is 0. The standard InChI is InChI=1S/4C3F6O.C3F4/c4-1(2(5,6)7)3(8,9)10-1;4-1(5)2(6,7)10-3(1,8)9;4-1(10)2(5,6)3(7,8)9;4-2(5,6)1(10)3(7,8)9;4-2-1-3(5,6)7. The van der Waals surface area contributed by atoms with Crippen LogP contribution in [0.15, 0.2) is 0 Å². The van der Waals surface area contributed by atoms with Crippen LogP contribution in [0.2, 0.25) is 0 Å². The molecule has 47 heavy (non-hydrogen) atoms. The molecule has 2 heterocycles. The number of epoxide rings is 1. The Labute approximate surface area is 234 Å². The fourth-order valence-corrected chi connectivity index (χ4v) is 1.11. The Morgan fingerprint density at radius 3 is 0.830 bits per heavy atom. The highest BCUT2D eigenvalue weighted by Gasteiger charge is 2.90. The van der Waals surface area contributed by atoms with E-state index in [1.165, 1.54) is 0 Å². The normalized spacial score (nSPS) is 22.2. The van der Waals surface area contributed by atoms with Crippen LogP contribution in [0.3, 0.4) is 0 Å². The van der Waals surface area contributed by atoms with Crippen LogP contribution in [-0.2, 0) is 19.1 Å². The Bertz CT molecular complexity index is 1080. The van der Waals surface area contributed by atoms with E-state index in [1.54, 1.807) is 0 Å². The number of carbonyl (C=O) groups excluding carboxylic acids is 2. The van der Waals surface area contributed by atoms with Crippen molar-refractivity contribution in [2.45, 2.75) is 66.9 Å². The highest BCUT2D eigenvalue weighted by atomic mass is 19.4. The van der Waals surface area contributed by atoms with Crippen molar-refractivity contribution in [2.24, 2.45) is 0 Å². The smallest absolute Gasteiger partial charge is 0.279 e. The molecule has 2 saturated heterocycles. The predicted octanol–water partition coefficient (Wildman–Crippen LogP) is 8.51. The van der Waals surface area contributed by atoms with E-state index in [1.807, 2.05) is 0 Å². The summed E-state index contributed by atoms with van der Waals surface area (Å²) in [6.45, 7) is 0. The largest absolute Gasteiger partial charge is 0.464 e. The van der Waals surface area contributed by atoms with Crippen molar-refractivity contribution in [1.82, 2.24) is 0 Å². The maximum Gasteiger partial charge on any atom is 0.464 e. The Morgan fingerprint density at radius 1 is 0.532 bits per heavy atom. The Balaban J connectivity index is -0.000000518. The number of rotatable bonds is 1. The Hall–Kier alpha value is -3.14. The summed E-state index contributed by atoms with van der Waals surface area (Å²) >= 11 is 0. The second-order valence-corrected chi connectivity index (χ2v) is 6.81. The zero-order valence-corrected chi connectivity index (χ0v) is 19.7. The van der Waals surface area contributed by atoms with Gasteiger partial charge in [-0.1, -0.05) is 0 Å². The van der Waals surface area contributed by atoms with E-state index < -0.39 is 78.7 Å². The van der Waals surface area contributed by atoms with Crippen LogP contribution >= 0.6 is 0 Å². The third-order valence-electron chi connectivity index (χ3n) is 3.26. The van der Waals surface area contributed by atoms with Gasteiger partial charge >= 0.3 is 78.7 Å². The molecule has 1 unspecified atom stereocenters. The fourth-order valence-electron chi connectivity index (χ4n) is 1.11. The maximum absolute atomic E-state index is 11.7. The molecule has 2 rings (SSSR count). The summed E-state index contributed by atoms with van der Waals surface area (Å²) in [5, 5.41) is 0. The van der Waals surface area contributed by atoms with Gasteiger partial charge in [0.15, 0.2) is 0 Å². The number of halogens is 28. The number of carbonyl (C=O) groups is 2. The monoisotopic (exact) mass is 776 g/mol. The summed E-state index contributed by atoms with van der Waals surface area (Å²) in [6.07, 6.45) is -42.7. The predicted molar refractivity (Wildman–Crippen MR) is 81.0 cm³/mol. The number of Topliss-reactive ketones (excluding diaryl/α,β-unsaturated/α-hetero) is 1. The minimum absolute atomic E-state index is 0.233. The van der Waals surface area contributed by atoms with Gasteiger partial charge in [-0.25, -0.2) is 4.74 Å². The minimum Gasteiger partial charge on any atom is -0.279 e. The molecule has 280 valence electrons. The molecule has 0 saturated carbocycles. The summed E-state index contributed by atoms with van der Waals surface area (Å²) in [4.78, 5) is 18.2. The quantitative estimate of drug-likeness (QED) is 0.116. The first-order valence-electron chi connectivity index (χ1n) is 9.02. The van der Waals surface area contributed by atoms with E-state index in [0.717, 1.165) is 0 Å². The molecule has 32 heteroatoms. The minimum atomic E-state index is -6.14. The lowest BCUT2D eigenvalue weighted by atomic mass is 10.2. The lowest BCUT2D eigenvalue weighted by Gasteiger charge is -2.41. The molecule has 0 aromatic rings. The van der Waals surface area contributed by atoms with Crippen molar-refractivity contribution >= 4 is 11.8 Å². The van der Waals surface area contributed by atoms with Gasteiger partial charge in [0, 0.05) is 5.92 Å². The SMILES string of the molecule is FC#CC(F)(F)F.FC(F)(F)C1(F)OC1(F)F.FC1(F)OC(F)(F)C1(F)F.O=C(C(F)(F)F)C(F)(F)F.O=C(F)C(F)(F)C(F)(F)F. The van der Waals surface area contributed by atoms with Crippen molar-refractivity contribution < 1.29 is 142 Å². The molecule has 2 fully saturated rings.